The van der Waals surface area contributed by atoms with Crippen LogP contribution in [0.25, 0.3) is 0 Å². The van der Waals surface area contributed by atoms with Gasteiger partial charge >= 0.3 is 0 Å². The van der Waals surface area contributed by atoms with Crippen LogP contribution in [-0.2, 0) is 16.1 Å². The second-order valence-corrected chi connectivity index (χ2v) is 5.81. The van der Waals surface area contributed by atoms with Crippen molar-refractivity contribution in [3.05, 3.63) is 60.2 Å². The summed E-state index contributed by atoms with van der Waals surface area (Å²) in [5.74, 6) is 0.337. The number of carbonyl (C=O) groups excluding carboxylic acids is 2. The molecule has 0 aliphatic carbocycles. The van der Waals surface area contributed by atoms with Gasteiger partial charge in [0.25, 0.3) is 0 Å². The summed E-state index contributed by atoms with van der Waals surface area (Å²) in [6, 6.07) is 17.0. The van der Waals surface area contributed by atoms with Gasteiger partial charge in [-0.3, -0.25) is 9.59 Å². The minimum absolute atomic E-state index is 0.0114. The van der Waals surface area contributed by atoms with Crippen molar-refractivity contribution >= 4 is 17.5 Å². The molecule has 2 aromatic carbocycles. The molecule has 1 fully saturated rings. The highest BCUT2D eigenvalue weighted by atomic mass is 16.5. The lowest BCUT2D eigenvalue weighted by atomic mass is 10.1. The fraction of sp³-hybridized carbons (Fsp3) is 0.263. The molecule has 0 unspecified atom stereocenters. The molecule has 0 saturated carbocycles. The number of rotatable bonds is 5. The topological polar surface area (TPSA) is 58.6 Å². The van der Waals surface area contributed by atoms with E-state index in [1.165, 1.54) is 0 Å². The van der Waals surface area contributed by atoms with Gasteiger partial charge in [0.05, 0.1) is 13.0 Å². The number of carbonyl (C=O) groups is 2. The van der Waals surface area contributed by atoms with Crippen molar-refractivity contribution in [2.75, 3.05) is 18.6 Å². The molecule has 1 atom stereocenters. The monoisotopic (exact) mass is 324 g/mol. The molecule has 24 heavy (non-hydrogen) atoms. The molecular formula is C19H20N2O3. The molecule has 2 amide bonds. The number of benzene rings is 2. The van der Waals surface area contributed by atoms with Crippen LogP contribution in [0.15, 0.2) is 54.6 Å². The SMILES string of the molecule is COc1cccc(CNC(=O)[C@H]2CC(=O)N(c3ccccc3)C2)c1. The van der Waals surface area contributed by atoms with Gasteiger partial charge in [0.15, 0.2) is 0 Å². The van der Waals surface area contributed by atoms with Crippen molar-refractivity contribution in [2.24, 2.45) is 5.92 Å². The van der Waals surface area contributed by atoms with E-state index >= 15 is 0 Å². The van der Waals surface area contributed by atoms with Crippen LogP contribution in [0.5, 0.6) is 5.75 Å². The molecule has 0 bridgehead atoms. The van der Waals surface area contributed by atoms with Gasteiger partial charge in [-0.2, -0.15) is 0 Å². The maximum atomic E-state index is 12.4. The van der Waals surface area contributed by atoms with E-state index in [2.05, 4.69) is 5.32 Å². The summed E-state index contributed by atoms with van der Waals surface area (Å²) < 4.78 is 5.17. The third kappa shape index (κ3) is 3.56. The summed E-state index contributed by atoms with van der Waals surface area (Å²) in [5, 5.41) is 2.91. The molecular weight excluding hydrogens is 304 g/mol. The Hall–Kier alpha value is -2.82. The third-order valence-electron chi connectivity index (χ3n) is 4.16. The zero-order valence-corrected chi connectivity index (χ0v) is 13.6. The molecule has 0 spiro atoms. The number of ether oxygens (including phenoxy) is 1. The third-order valence-corrected chi connectivity index (χ3v) is 4.16. The van der Waals surface area contributed by atoms with E-state index in [0.29, 0.717) is 13.1 Å². The van der Waals surface area contributed by atoms with Crippen molar-refractivity contribution in [3.63, 3.8) is 0 Å². The van der Waals surface area contributed by atoms with E-state index < -0.39 is 0 Å². The first-order valence-electron chi connectivity index (χ1n) is 7.93. The van der Waals surface area contributed by atoms with E-state index in [0.717, 1.165) is 17.0 Å². The molecule has 5 nitrogen and oxygen atoms in total. The lowest BCUT2D eigenvalue weighted by Crippen LogP contribution is -2.32. The molecule has 5 heteroatoms. The second kappa shape index (κ2) is 7.17. The Bertz CT molecular complexity index is 730. The number of methoxy groups -OCH3 is 1. The molecule has 1 aliphatic rings. The molecule has 0 aromatic heterocycles. The summed E-state index contributed by atoms with van der Waals surface area (Å²) in [4.78, 5) is 26.2. The summed E-state index contributed by atoms with van der Waals surface area (Å²) in [6.07, 6.45) is 0.249. The first-order chi connectivity index (χ1) is 11.7. The predicted molar refractivity (Wildman–Crippen MR) is 91.7 cm³/mol. The molecule has 1 aliphatic heterocycles. The van der Waals surface area contributed by atoms with E-state index in [1.807, 2.05) is 54.6 Å². The maximum absolute atomic E-state index is 12.4. The van der Waals surface area contributed by atoms with Gasteiger partial charge in [0.1, 0.15) is 5.75 Å². The van der Waals surface area contributed by atoms with E-state index in [9.17, 15) is 9.59 Å². The number of hydrogen-bond donors (Lipinski definition) is 1. The number of hydrogen-bond acceptors (Lipinski definition) is 3. The molecule has 1 heterocycles. The number of nitrogens with one attached hydrogen (secondary N) is 1. The fourth-order valence-electron chi connectivity index (χ4n) is 2.86. The van der Waals surface area contributed by atoms with Gasteiger partial charge in [-0.25, -0.2) is 0 Å². The van der Waals surface area contributed by atoms with E-state index in [1.54, 1.807) is 12.0 Å². The zero-order chi connectivity index (χ0) is 16.9. The Labute approximate surface area is 141 Å². The first kappa shape index (κ1) is 16.1. The summed E-state index contributed by atoms with van der Waals surface area (Å²) in [5.41, 5.74) is 1.80. The van der Waals surface area contributed by atoms with Crippen LogP contribution in [0.3, 0.4) is 0 Å². The number of para-hydroxylation sites is 1. The number of nitrogens with zero attached hydrogens (tertiary/aromatic N) is 1. The second-order valence-electron chi connectivity index (χ2n) is 5.81. The highest BCUT2D eigenvalue weighted by Crippen LogP contribution is 2.25. The van der Waals surface area contributed by atoms with Gasteiger partial charge in [0, 0.05) is 25.2 Å². The Morgan fingerprint density at radius 2 is 2.00 bits per heavy atom. The Morgan fingerprint density at radius 1 is 1.21 bits per heavy atom. The number of amides is 2. The van der Waals surface area contributed by atoms with Gasteiger partial charge in [-0.15, -0.1) is 0 Å². The van der Waals surface area contributed by atoms with E-state index in [4.69, 9.17) is 4.74 Å². The first-order valence-corrected chi connectivity index (χ1v) is 7.93. The molecule has 2 aromatic rings. The average molecular weight is 324 g/mol. The van der Waals surface area contributed by atoms with Crippen LogP contribution in [-0.4, -0.2) is 25.5 Å². The summed E-state index contributed by atoms with van der Waals surface area (Å²) >= 11 is 0. The fourth-order valence-corrected chi connectivity index (χ4v) is 2.86. The van der Waals surface area contributed by atoms with Crippen molar-refractivity contribution in [3.8, 4) is 5.75 Å². The maximum Gasteiger partial charge on any atom is 0.227 e. The minimum Gasteiger partial charge on any atom is -0.497 e. The highest BCUT2D eigenvalue weighted by molar-refractivity contribution is 6.00. The van der Waals surface area contributed by atoms with Gasteiger partial charge in [-0.1, -0.05) is 30.3 Å². The number of anilines is 1. The zero-order valence-electron chi connectivity index (χ0n) is 13.6. The van der Waals surface area contributed by atoms with Crippen LogP contribution in [0.4, 0.5) is 5.69 Å². The average Bonchev–Trinajstić information content (AvgIpc) is 3.02. The summed E-state index contributed by atoms with van der Waals surface area (Å²) in [7, 11) is 1.61. The normalized spacial score (nSPS) is 17.0. The van der Waals surface area contributed by atoms with Crippen LogP contribution < -0.4 is 15.0 Å². The van der Waals surface area contributed by atoms with Crippen molar-refractivity contribution in [1.82, 2.24) is 5.32 Å². The van der Waals surface area contributed by atoms with Crippen molar-refractivity contribution in [2.45, 2.75) is 13.0 Å². The predicted octanol–water partition coefficient (Wildman–Crippen LogP) is 2.36. The lowest BCUT2D eigenvalue weighted by molar-refractivity contribution is -0.126. The van der Waals surface area contributed by atoms with E-state index in [-0.39, 0.29) is 24.2 Å². The molecule has 1 saturated heterocycles. The molecule has 0 radical (unpaired) electrons. The molecule has 3 rings (SSSR count). The van der Waals surface area contributed by atoms with Crippen molar-refractivity contribution < 1.29 is 14.3 Å². The van der Waals surface area contributed by atoms with Crippen LogP contribution in [0.2, 0.25) is 0 Å². The molecule has 1 N–H and O–H groups in total. The Kier molecular flexibility index (Phi) is 4.79. The highest BCUT2D eigenvalue weighted by Gasteiger charge is 2.34. The van der Waals surface area contributed by atoms with Gasteiger partial charge in [0.2, 0.25) is 11.8 Å². The smallest absolute Gasteiger partial charge is 0.227 e. The largest absolute Gasteiger partial charge is 0.497 e. The summed E-state index contributed by atoms with van der Waals surface area (Å²) in [6.45, 7) is 0.846. The lowest BCUT2D eigenvalue weighted by Gasteiger charge is -2.16. The van der Waals surface area contributed by atoms with Crippen LogP contribution >= 0.6 is 0 Å². The molecule has 124 valence electrons. The van der Waals surface area contributed by atoms with Crippen LogP contribution in [0, 0.1) is 5.92 Å². The van der Waals surface area contributed by atoms with Gasteiger partial charge in [-0.05, 0) is 29.8 Å². The Balaban J connectivity index is 1.59. The standard InChI is InChI=1S/C19H20N2O3/c1-24-17-9-5-6-14(10-17)12-20-19(23)15-11-18(22)21(13-15)16-7-3-2-4-8-16/h2-10,15H,11-13H2,1H3,(H,20,23)/t15-/m0/s1. The Morgan fingerprint density at radius 3 is 2.75 bits per heavy atom. The quantitative estimate of drug-likeness (QED) is 0.918. The minimum atomic E-state index is -0.316. The van der Waals surface area contributed by atoms with Gasteiger partial charge < -0.3 is 15.0 Å². The van der Waals surface area contributed by atoms with Crippen molar-refractivity contribution in [1.29, 1.82) is 0 Å². The van der Waals surface area contributed by atoms with Crippen LogP contribution in [0.1, 0.15) is 12.0 Å².